The van der Waals surface area contributed by atoms with Crippen LogP contribution in [0.1, 0.15) is 11.6 Å². The molecule has 18 heavy (non-hydrogen) atoms. The van der Waals surface area contributed by atoms with E-state index >= 15 is 0 Å². The Labute approximate surface area is 107 Å². The summed E-state index contributed by atoms with van der Waals surface area (Å²) in [5.41, 5.74) is 0.567. The number of aliphatic hydroxyl groups is 1. The largest absolute Gasteiger partial charge is 0.394 e. The maximum absolute atomic E-state index is 11.6. The minimum atomic E-state index is -4.00. The summed E-state index contributed by atoms with van der Waals surface area (Å²) in [6, 6.07) is 7.58. The average Bonchev–Trinajstić information content (AvgIpc) is 2.24. The van der Waals surface area contributed by atoms with Gasteiger partial charge in [-0.25, -0.2) is 21.6 Å². The lowest BCUT2D eigenvalue weighted by molar-refractivity contribution is 0.259. The highest BCUT2D eigenvalue weighted by molar-refractivity contribution is 8.06. The van der Waals surface area contributed by atoms with Gasteiger partial charge in [0.1, 0.15) is 0 Å². The summed E-state index contributed by atoms with van der Waals surface area (Å²) < 4.78 is 47.3. The Morgan fingerprint density at radius 3 is 2.17 bits per heavy atom. The van der Waals surface area contributed by atoms with Crippen molar-refractivity contribution >= 4 is 19.9 Å². The molecule has 0 aliphatic carbocycles. The fourth-order valence-electron chi connectivity index (χ4n) is 1.43. The van der Waals surface area contributed by atoms with Gasteiger partial charge < -0.3 is 5.11 Å². The van der Waals surface area contributed by atoms with E-state index in [1.807, 2.05) is 0 Å². The summed E-state index contributed by atoms with van der Waals surface area (Å²) in [5, 5.41) is 8.17. The van der Waals surface area contributed by atoms with Crippen LogP contribution in [-0.4, -0.2) is 39.9 Å². The molecule has 0 aliphatic rings. The highest BCUT2D eigenvalue weighted by Crippen LogP contribution is 2.13. The van der Waals surface area contributed by atoms with Crippen molar-refractivity contribution in [3.63, 3.8) is 0 Å². The molecule has 0 saturated carbocycles. The van der Waals surface area contributed by atoms with Crippen molar-refractivity contribution in [2.24, 2.45) is 0 Å². The van der Waals surface area contributed by atoms with Crippen LogP contribution in [-0.2, 0) is 19.9 Å². The van der Waals surface area contributed by atoms with E-state index < -0.39 is 37.6 Å². The topological polar surface area (TPSA) is 101 Å². The predicted molar refractivity (Wildman–Crippen MR) is 68.0 cm³/mol. The zero-order valence-electron chi connectivity index (χ0n) is 9.78. The molecule has 0 saturated heterocycles. The Bertz CT molecular complexity index is 580. The third kappa shape index (κ3) is 5.13. The van der Waals surface area contributed by atoms with Gasteiger partial charge in [0.2, 0.25) is 10.0 Å². The molecule has 1 rings (SSSR count). The molecule has 0 bridgehead atoms. The Morgan fingerprint density at radius 2 is 1.72 bits per heavy atom. The van der Waals surface area contributed by atoms with Crippen LogP contribution in [0.5, 0.6) is 0 Å². The molecule has 1 aromatic carbocycles. The van der Waals surface area contributed by atoms with Gasteiger partial charge in [0.15, 0.2) is 14.9 Å². The van der Waals surface area contributed by atoms with Gasteiger partial charge in [-0.15, -0.1) is 0 Å². The molecule has 0 unspecified atom stereocenters. The molecule has 102 valence electrons. The quantitative estimate of drug-likeness (QED) is 0.746. The van der Waals surface area contributed by atoms with Gasteiger partial charge in [-0.2, -0.15) is 0 Å². The molecule has 0 aliphatic heterocycles. The van der Waals surface area contributed by atoms with Gasteiger partial charge in [0.05, 0.1) is 12.6 Å². The molecule has 6 nitrogen and oxygen atoms in total. The van der Waals surface area contributed by atoms with Gasteiger partial charge in [-0.05, 0) is 5.56 Å². The number of aliphatic hydroxyl groups excluding tert-OH is 1. The molecule has 0 fully saturated rings. The van der Waals surface area contributed by atoms with E-state index in [1.54, 1.807) is 30.3 Å². The summed E-state index contributed by atoms with van der Waals surface area (Å²) in [4.78, 5) is 0. The standard InChI is InChI=1S/C10H15NO5S2/c1-17(13,14)8-18(15,16)11-10(7-12)9-5-3-2-4-6-9/h2-6,10-12H,7-8H2,1H3/t10-/m0/s1. The van der Waals surface area contributed by atoms with Crippen molar-refractivity contribution in [1.82, 2.24) is 4.72 Å². The lowest BCUT2D eigenvalue weighted by Crippen LogP contribution is -2.34. The van der Waals surface area contributed by atoms with Crippen LogP contribution in [0.2, 0.25) is 0 Å². The van der Waals surface area contributed by atoms with Crippen LogP contribution in [0, 0.1) is 0 Å². The molecule has 0 amide bonds. The van der Waals surface area contributed by atoms with Crippen LogP contribution in [0.15, 0.2) is 30.3 Å². The molecule has 8 heteroatoms. The van der Waals surface area contributed by atoms with Crippen LogP contribution >= 0.6 is 0 Å². The van der Waals surface area contributed by atoms with E-state index in [9.17, 15) is 16.8 Å². The molecule has 2 N–H and O–H groups in total. The zero-order valence-corrected chi connectivity index (χ0v) is 11.4. The number of sulfonamides is 1. The minimum Gasteiger partial charge on any atom is -0.394 e. The highest BCUT2D eigenvalue weighted by atomic mass is 32.3. The van der Waals surface area contributed by atoms with Crippen LogP contribution in [0.25, 0.3) is 0 Å². The summed E-state index contributed by atoms with van der Waals surface area (Å²) in [6.07, 6.45) is 0.836. The number of benzene rings is 1. The second kappa shape index (κ2) is 5.79. The SMILES string of the molecule is CS(=O)(=O)CS(=O)(=O)N[C@@H](CO)c1ccccc1. The monoisotopic (exact) mass is 293 g/mol. The van der Waals surface area contributed by atoms with Gasteiger partial charge in [-0.1, -0.05) is 30.3 Å². The third-order valence-corrected chi connectivity index (χ3v) is 5.67. The summed E-state index contributed by atoms with van der Waals surface area (Å²) in [6.45, 7) is -0.451. The van der Waals surface area contributed by atoms with Gasteiger partial charge >= 0.3 is 0 Å². The van der Waals surface area contributed by atoms with Crippen molar-refractivity contribution in [1.29, 1.82) is 0 Å². The van der Waals surface area contributed by atoms with Crippen molar-refractivity contribution in [2.75, 3.05) is 17.9 Å². The van der Waals surface area contributed by atoms with Crippen molar-refractivity contribution in [2.45, 2.75) is 6.04 Å². The van der Waals surface area contributed by atoms with Crippen LogP contribution in [0.4, 0.5) is 0 Å². The van der Waals surface area contributed by atoms with E-state index in [4.69, 9.17) is 5.11 Å². The first kappa shape index (κ1) is 15.1. The first-order valence-electron chi connectivity index (χ1n) is 5.07. The fourth-order valence-corrected chi connectivity index (χ4v) is 4.60. The number of nitrogens with one attached hydrogen (secondary N) is 1. The molecular weight excluding hydrogens is 278 g/mol. The lowest BCUT2D eigenvalue weighted by Gasteiger charge is -2.16. The molecule has 0 heterocycles. The Kier molecular flexibility index (Phi) is 4.85. The van der Waals surface area contributed by atoms with Crippen LogP contribution in [0.3, 0.4) is 0 Å². The maximum Gasteiger partial charge on any atom is 0.226 e. The Balaban J connectivity index is 2.88. The van der Waals surface area contributed by atoms with E-state index in [1.165, 1.54) is 0 Å². The number of sulfone groups is 1. The molecule has 1 aromatic rings. The van der Waals surface area contributed by atoms with Crippen LogP contribution < -0.4 is 4.72 Å². The normalized spacial score (nSPS) is 14.3. The number of rotatable bonds is 6. The smallest absolute Gasteiger partial charge is 0.226 e. The van der Waals surface area contributed by atoms with Crippen molar-refractivity contribution < 1.29 is 21.9 Å². The highest BCUT2D eigenvalue weighted by Gasteiger charge is 2.22. The minimum absolute atomic E-state index is 0.451. The molecule has 0 radical (unpaired) electrons. The lowest BCUT2D eigenvalue weighted by atomic mass is 10.1. The Hall–Kier alpha value is -0.960. The molecule has 0 spiro atoms. The first-order chi connectivity index (χ1) is 8.23. The van der Waals surface area contributed by atoms with E-state index in [-0.39, 0.29) is 0 Å². The van der Waals surface area contributed by atoms with E-state index in [0.717, 1.165) is 6.26 Å². The fraction of sp³-hybridized carbons (Fsp3) is 0.400. The van der Waals surface area contributed by atoms with E-state index in [2.05, 4.69) is 4.72 Å². The van der Waals surface area contributed by atoms with Gasteiger partial charge in [0.25, 0.3) is 0 Å². The molecule has 1 atom stereocenters. The summed E-state index contributed by atoms with van der Waals surface area (Å²) in [7, 11) is -7.65. The average molecular weight is 293 g/mol. The summed E-state index contributed by atoms with van der Waals surface area (Å²) in [5.74, 6) is 0. The van der Waals surface area contributed by atoms with E-state index in [0.29, 0.717) is 5.56 Å². The molecular formula is C10H15NO5S2. The second-order valence-corrected chi connectivity index (χ2v) is 8.18. The second-order valence-electron chi connectivity index (χ2n) is 3.92. The third-order valence-electron chi connectivity index (χ3n) is 2.08. The van der Waals surface area contributed by atoms with Crippen molar-refractivity contribution in [3.8, 4) is 0 Å². The summed E-state index contributed by atoms with van der Waals surface area (Å²) >= 11 is 0. The first-order valence-corrected chi connectivity index (χ1v) is 8.78. The van der Waals surface area contributed by atoms with Crippen molar-refractivity contribution in [3.05, 3.63) is 35.9 Å². The van der Waals surface area contributed by atoms with Gasteiger partial charge in [0, 0.05) is 6.26 Å². The molecule has 0 aromatic heterocycles. The Morgan fingerprint density at radius 1 is 1.17 bits per heavy atom. The maximum atomic E-state index is 11.6. The predicted octanol–water partition coefficient (Wildman–Crippen LogP) is -0.358. The number of hydrogen-bond acceptors (Lipinski definition) is 5. The number of hydrogen-bond donors (Lipinski definition) is 2. The van der Waals surface area contributed by atoms with Gasteiger partial charge in [-0.3, -0.25) is 0 Å². The zero-order chi connectivity index (χ0) is 13.8.